The summed E-state index contributed by atoms with van der Waals surface area (Å²) in [5.74, 6) is 0.173. The molecule has 130 valence electrons. The summed E-state index contributed by atoms with van der Waals surface area (Å²) in [6, 6.07) is 10.5. The summed E-state index contributed by atoms with van der Waals surface area (Å²) in [5.41, 5.74) is 0.638. The number of nitrogens with one attached hydrogen (secondary N) is 1. The van der Waals surface area contributed by atoms with Gasteiger partial charge in [-0.15, -0.1) is 0 Å². The molecule has 0 amide bonds. The molecule has 0 spiro atoms. The highest BCUT2D eigenvalue weighted by Crippen LogP contribution is 2.28. The highest BCUT2D eigenvalue weighted by Gasteiger charge is 2.33. The SMILES string of the molecule is N#Cc1ccccc1CN1CCC(Nc2cc(C(F)(F)F)ncn2)C1. The van der Waals surface area contributed by atoms with Crippen LogP contribution in [0.1, 0.15) is 23.2 Å². The standard InChI is InChI=1S/C17H16F3N5/c18-17(19,20)15-7-16(23-11-22-15)24-14-5-6-25(10-14)9-13-4-2-1-3-12(13)8-21/h1-4,7,11,14H,5-6,9-10H2,(H,22,23,24). The summed E-state index contributed by atoms with van der Waals surface area (Å²) in [6.45, 7) is 2.11. The van der Waals surface area contributed by atoms with Gasteiger partial charge in [0.2, 0.25) is 0 Å². The van der Waals surface area contributed by atoms with Gasteiger partial charge in [-0.1, -0.05) is 18.2 Å². The fourth-order valence-electron chi connectivity index (χ4n) is 2.90. The number of rotatable bonds is 4. The largest absolute Gasteiger partial charge is 0.433 e. The second kappa shape index (κ2) is 7.07. The number of likely N-dealkylation sites (tertiary alicyclic amines) is 1. The van der Waals surface area contributed by atoms with Crippen LogP contribution in [-0.2, 0) is 12.7 Å². The number of hydrogen-bond donors (Lipinski definition) is 1. The maximum atomic E-state index is 12.7. The summed E-state index contributed by atoms with van der Waals surface area (Å²) in [7, 11) is 0. The predicted molar refractivity (Wildman–Crippen MR) is 85.5 cm³/mol. The number of nitriles is 1. The summed E-state index contributed by atoms with van der Waals surface area (Å²) < 4.78 is 38.1. The molecule has 8 heteroatoms. The fourth-order valence-corrected chi connectivity index (χ4v) is 2.90. The van der Waals surface area contributed by atoms with Crippen LogP contribution in [0.2, 0.25) is 0 Å². The Balaban J connectivity index is 1.61. The number of aromatic nitrogens is 2. The van der Waals surface area contributed by atoms with Gasteiger partial charge in [0.1, 0.15) is 17.8 Å². The molecule has 1 aliphatic rings. The topological polar surface area (TPSA) is 64.8 Å². The minimum absolute atomic E-state index is 0.00484. The second-order valence-electron chi connectivity index (χ2n) is 5.92. The summed E-state index contributed by atoms with van der Waals surface area (Å²) >= 11 is 0. The lowest BCUT2D eigenvalue weighted by Crippen LogP contribution is -2.26. The van der Waals surface area contributed by atoms with Crippen molar-refractivity contribution in [3.05, 3.63) is 53.5 Å². The molecular weight excluding hydrogens is 331 g/mol. The van der Waals surface area contributed by atoms with Crippen LogP contribution in [0.5, 0.6) is 0 Å². The first-order valence-corrected chi connectivity index (χ1v) is 7.82. The van der Waals surface area contributed by atoms with Crippen LogP contribution >= 0.6 is 0 Å². The van der Waals surface area contributed by atoms with Crippen LogP contribution in [0, 0.1) is 11.3 Å². The highest BCUT2D eigenvalue weighted by molar-refractivity contribution is 5.38. The molecule has 25 heavy (non-hydrogen) atoms. The summed E-state index contributed by atoms with van der Waals surface area (Å²) in [4.78, 5) is 9.29. The van der Waals surface area contributed by atoms with E-state index in [1.54, 1.807) is 6.07 Å². The number of anilines is 1. The van der Waals surface area contributed by atoms with Gasteiger partial charge in [-0.05, 0) is 18.1 Å². The minimum atomic E-state index is -4.48. The van der Waals surface area contributed by atoms with E-state index in [-0.39, 0.29) is 11.9 Å². The Labute approximate surface area is 143 Å². The van der Waals surface area contributed by atoms with Gasteiger partial charge in [0, 0.05) is 31.7 Å². The van der Waals surface area contributed by atoms with E-state index in [1.165, 1.54) is 0 Å². The molecule has 1 fully saturated rings. The summed E-state index contributed by atoms with van der Waals surface area (Å²) in [6.07, 6.45) is -2.77. The maximum absolute atomic E-state index is 12.7. The third-order valence-electron chi connectivity index (χ3n) is 4.11. The van der Waals surface area contributed by atoms with E-state index in [0.29, 0.717) is 18.7 Å². The molecule has 0 aliphatic carbocycles. The monoisotopic (exact) mass is 347 g/mol. The van der Waals surface area contributed by atoms with Crippen molar-refractivity contribution < 1.29 is 13.2 Å². The van der Waals surface area contributed by atoms with Gasteiger partial charge in [0.15, 0.2) is 0 Å². The van der Waals surface area contributed by atoms with E-state index in [9.17, 15) is 13.2 Å². The minimum Gasteiger partial charge on any atom is -0.366 e. The van der Waals surface area contributed by atoms with E-state index in [0.717, 1.165) is 30.9 Å². The van der Waals surface area contributed by atoms with Crippen LogP contribution in [0.4, 0.5) is 19.0 Å². The van der Waals surface area contributed by atoms with Crippen molar-refractivity contribution in [3.63, 3.8) is 0 Å². The van der Waals surface area contributed by atoms with Crippen LogP contribution < -0.4 is 5.32 Å². The van der Waals surface area contributed by atoms with Crippen LogP contribution in [-0.4, -0.2) is 34.0 Å². The first kappa shape index (κ1) is 17.2. The lowest BCUT2D eigenvalue weighted by molar-refractivity contribution is -0.141. The van der Waals surface area contributed by atoms with Crippen molar-refractivity contribution in [2.45, 2.75) is 25.2 Å². The smallest absolute Gasteiger partial charge is 0.366 e. The van der Waals surface area contributed by atoms with Gasteiger partial charge >= 0.3 is 6.18 Å². The molecule has 0 radical (unpaired) electrons. The van der Waals surface area contributed by atoms with Crippen molar-refractivity contribution in [3.8, 4) is 6.07 Å². The average molecular weight is 347 g/mol. The van der Waals surface area contributed by atoms with E-state index < -0.39 is 11.9 Å². The Morgan fingerprint density at radius 3 is 2.84 bits per heavy atom. The number of benzene rings is 1. The second-order valence-corrected chi connectivity index (χ2v) is 5.92. The zero-order valence-electron chi connectivity index (χ0n) is 13.3. The highest BCUT2D eigenvalue weighted by atomic mass is 19.4. The van der Waals surface area contributed by atoms with Gasteiger partial charge < -0.3 is 5.32 Å². The molecule has 0 bridgehead atoms. The zero-order chi connectivity index (χ0) is 17.9. The van der Waals surface area contributed by atoms with Crippen molar-refractivity contribution in [2.24, 2.45) is 0 Å². The van der Waals surface area contributed by atoms with Crippen LogP contribution in [0.15, 0.2) is 36.7 Å². The molecule has 5 nitrogen and oxygen atoms in total. The van der Waals surface area contributed by atoms with Crippen molar-refractivity contribution in [2.75, 3.05) is 18.4 Å². The lowest BCUT2D eigenvalue weighted by atomic mass is 10.1. The van der Waals surface area contributed by atoms with E-state index in [4.69, 9.17) is 5.26 Å². The third kappa shape index (κ3) is 4.25. The predicted octanol–water partition coefficient (Wildman–Crippen LogP) is 3.05. The molecule has 2 aromatic rings. The molecule has 1 aliphatic heterocycles. The Hall–Kier alpha value is -2.66. The molecule has 1 N–H and O–H groups in total. The Morgan fingerprint density at radius 2 is 2.08 bits per heavy atom. The zero-order valence-corrected chi connectivity index (χ0v) is 13.3. The Bertz CT molecular complexity index is 784. The molecule has 1 atom stereocenters. The molecule has 3 rings (SSSR count). The fraction of sp³-hybridized carbons (Fsp3) is 0.353. The molecule has 1 unspecified atom stereocenters. The lowest BCUT2D eigenvalue weighted by Gasteiger charge is -2.18. The molecule has 0 saturated carbocycles. The third-order valence-corrected chi connectivity index (χ3v) is 4.11. The first-order valence-electron chi connectivity index (χ1n) is 7.82. The molecule has 1 aromatic carbocycles. The first-order chi connectivity index (χ1) is 12.0. The van der Waals surface area contributed by atoms with Gasteiger partial charge in [-0.2, -0.15) is 18.4 Å². The normalized spacial score (nSPS) is 18.1. The molecule has 2 heterocycles. The van der Waals surface area contributed by atoms with Gasteiger partial charge in [0.05, 0.1) is 11.6 Å². The van der Waals surface area contributed by atoms with Gasteiger partial charge in [-0.3, -0.25) is 4.90 Å². The quantitative estimate of drug-likeness (QED) is 0.921. The van der Waals surface area contributed by atoms with Gasteiger partial charge in [0.25, 0.3) is 0 Å². The Morgan fingerprint density at radius 1 is 1.28 bits per heavy atom. The Kier molecular flexibility index (Phi) is 4.86. The van der Waals surface area contributed by atoms with Crippen LogP contribution in [0.25, 0.3) is 0 Å². The van der Waals surface area contributed by atoms with Gasteiger partial charge in [-0.25, -0.2) is 9.97 Å². The average Bonchev–Trinajstić information content (AvgIpc) is 3.02. The number of alkyl halides is 3. The van der Waals surface area contributed by atoms with E-state index >= 15 is 0 Å². The van der Waals surface area contributed by atoms with Crippen LogP contribution in [0.3, 0.4) is 0 Å². The van der Waals surface area contributed by atoms with E-state index in [2.05, 4.69) is 26.3 Å². The molecule has 1 aromatic heterocycles. The molecular formula is C17H16F3N5. The molecule has 1 saturated heterocycles. The number of halogens is 3. The summed E-state index contributed by atoms with van der Waals surface area (Å²) in [5, 5.41) is 12.2. The van der Waals surface area contributed by atoms with E-state index in [1.807, 2.05) is 18.2 Å². The maximum Gasteiger partial charge on any atom is 0.433 e. The number of hydrogen-bond acceptors (Lipinski definition) is 5. The van der Waals surface area contributed by atoms with Crippen molar-refractivity contribution >= 4 is 5.82 Å². The number of nitrogens with zero attached hydrogens (tertiary/aromatic N) is 4. The van der Waals surface area contributed by atoms with Crippen molar-refractivity contribution in [1.82, 2.24) is 14.9 Å². The van der Waals surface area contributed by atoms with Crippen molar-refractivity contribution in [1.29, 1.82) is 5.26 Å².